The van der Waals surface area contributed by atoms with Crippen LogP contribution in [0.3, 0.4) is 0 Å². The average molecular weight is 382 g/mol. The number of nitrogens with one attached hydrogen (secondary N) is 2. The van der Waals surface area contributed by atoms with Crippen LogP contribution in [0, 0.1) is 0 Å². The second kappa shape index (κ2) is 9.21. The summed E-state index contributed by atoms with van der Waals surface area (Å²) in [6, 6.07) is 1.29. The predicted molar refractivity (Wildman–Crippen MR) is 91.2 cm³/mol. The van der Waals surface area contributed by atoms with Crippen LogP contribution in [0.25, 0.3) is 0 Å². The number of carboxylic acid groups (broad SMARTS) is 1. The first-order valence-corrected chi connectivity index (χ1v) is 10.5. The Bertz CT molecular complexity index is 642. The Morgan fingerprint density at radius 3 is 2.57 bits per heavy atom. The standard InChI is InChI=1S/C12H19N3O5S3/c1-15(2)23(19,20)9-7-10(14-8-9)12(18)13-4-6-22-21-5-3-11(16)17/h7-8,14H,3-6H2,1-2H3,(H,13,18)(H,16,17). The van der Waals surface area contributed by atoms with E-state index in [1.165, 1.54) is 47.9 Å². The summed E-state index contributed by atoms with van der Waals surface area (Å²) < 4.78 is 24.9. The van der Waals surface area contributed by atoms with Crippen molar-refractivity contribution in [1.29, 1.82) is 0 Å². The van der Waals surface area contributed by atoms with E-state index in [0.717, 1.165) is 4.31 Å². The van der Waals surface area contributed by atoms with E-state index in [2.05, 4.69) is 10.3 Å². The lowest BCUT2D eigenvalue weighted by atomic mass is 10.4. The number of H-pyrrole nitrogens is 1. The maximum absolute atomic E-state index is 11.9. The highest BCUT2D eigenvalue weighted by atomic mass is 33.1. The van der Waals surface area contributed by atoms with Gasteiger partial charge in [-0.05, 0) is 6.07 Å². The third kappa shape index (κ3) is 6.45. The summed E-state index contributed by atoms with van der Waals surface area (Å²) in [5.74, 6) is -0.0846. The molecule has 23 heavy (non-hydrogen) atoms. The van der Waals surface area contributed by atoms with Crippen molar-refractivity contribution in [2.75, 3.05) is 32.1 Å². The molecule has 0 radical (unpaired) electrons. The van der Waals surface area contributed by atoms with E-state index in [1.807, 2.05) is 0 Å². The minimum atomic E-state index is -3.57. The van der Waals surface area contributed by atoms with E-state index in [9.17, 15) is 18.0 Å². The number of carbonyl (C=O) groups excluding carboxylic acids is 1. The molecule has 1 aromatic heterocycles. The highest BCUT2D eigenvalue weighted by molar-refractivity contribution is 8.76. The van der Waals surface area contributed by atoms with Crippen molar-refractivity contribution < 1.29 is 23.1 Å². The number of sulfonamides is 1. The van der Waals surface area contributed by atoms with Gasteiger partial charge in [-0.25, -0.2) is 12.7 Å². The van der Waals surface area contributed by atoms with E-state index in [0.29, 0.717) is 18.1 Å². The first-order chi connectivity index (χ1) is 10.7. The Morgan fingerprint density at radius 1 is 1.30 bits per heavy atom. The van der Waals surface area contributed by atoms with Crippen LogP contribution in [0.15, 0.2) is 17.2 Å². The Labute approximate surface area is 142 Å². The van der Waals surface area contributed by atoms with Gasteiger partial charge in [0.1, 0.15) is 10.6 Å². The number of amides is 1. The molecule has 130 valence electrons. The summed E-state index contributed by atoms with van der Waals surface area (Å²) in [4.78, 5) is 24.9. The number of hydrogen-bond acceptors (Lipinski definition) is 6. The fraction of sp³-hybridized carbons (Fsp3) is 0.500. The molecule has 0 fully saturated rings. The quantitative estimate of drug-likeness (QED) is 0.406. The van der Waals surface area contributed by atoms with E-state index in [1.54, 1.807) is 0 Å². The van der Waals surface area contributed by atoms with Gasteiger partial charge in [0.05, 0.1) is 6.42 Å². The molecule has 0 aromatic carbocycles. The fourth-order valence-corrected chi connectivity index (χ4v) is 4.20. The Hall–Kier alpha value is -1.17. The molecule has 0 bridgehead atoms. The summed E-state index contributed by atoms with van der Waals surface area (Å²) in [6.07, 6.45) is 1.39. The van der Waals surface area contributed by atoms with Gasteiger partial charge in [0.25, 0.3) is 5.91 Å². The first kappa shape index (κ1) is 19.9. The van der Waals surface area contributed by atoms with E-state index in [4.69, 9.17) is 5.11 Å². The van der Waals surface area contributed by atoms with Crippen molar-refractivity contribution >= 4 is 43.5 Å². The minimum Gasteiger partial charge on any atom is -0.481 e. The Balaban J connectivity index is 2.36. The van der Waals surface area contributed by atoms with Gasteiger partial charge < -0.3 is 15.4 Å². The third-order valence-corrected chi connectivity index (χ3v) is 6.83. The van der Waals surface area contributed by atoms with Crippen LogP contribution in [0.1, 0.15) is 16.9 Å². The van der Waals surface area contributed by atoms with Crippen LogP contribution >= 0.6 is 21.6 Å². The number of aromatic amines is 1. The van der Waals surface area contributed by atoms with Gasteiger partial charge in [-0.15, -0.1) is 0 Å². The molecule has 0 spiro atoms. The SMILES string of the molecule is CN(C)S(=O)(=O)c1c[nH]c(C(=O)NCCSSCCC(=O)O)c1. The molecule has 1 aromatic rings. The summed E-state index contributed by atoms with van der Waals surface area (Å²) in [5, 5.41) is 11.1. The van der Waals surface area contributed by atoms with Crippen molar-refractivity contribution in [1.82, 2.24) is 14.6 Å². The van der Waals surface area contributed by atoms with E-state index < -0.39 is 16.0 Å². The van der Waals surface area contributed by atoms with Crippen molar-refractivity contribution in [3.8, 4) is 0 Å². The topological polar surface area (TPSA) is 120 Å². The molecule has 0 saturated carbocycles. The molecule has 0 aliphatic carbocycles. The zero-order chi connectivity index (χ0) is 17.5. The average Bonchev–Trinajstić information content (AvgIpc) is 2.96. The highest BCUT2D eigenvalue weighted by Gasteiger charge is 2.20. The van der Waals surface area contributed by atoms with Gasteiger partial charge in [0.2, 0.25) is 10.0 Å². The smallest absolute Gasteiger partial charge is 0.304 e. The van der Waals surface area contributed by atoms with Gasteiger partial charge >= 0.3 is 5.97 Å². The van der Waals surface area contributed by atoms with Gasteiger partial charge in [-0.3, -0.25) is 9.59 Å². The molecule has 0 aliphatic rings. The van der Waals surface area contributed by atoms with Gasteiger partial charge in [0.15, 0.2) is 0 Å². The summed E-state index contributed by atoms with van der Waals surface area (Å²) in [6.45, 7) is 0.401. The zero-order valence-corrected chi connectivity index (χ0v) is 15.2. The Morgan fingerprint density at radius 2 is 1.96 bits per heavy atom. The summed E-state index contributed by atoms with van der Waals surface area (Å²) in [5.41, 5.74) is 0.175. The van der Waals surface area contributed by atoms with E-state index in [-0.39, 0.29) is 22.9 Å². The van der Waals surface area contributed by atoms with Crippen molar-refractivity contribution in [2.24, 2.45) is 0 Å². The molecular weight excluding hydrogens is 362 g/mol. The molecule has 11 heteroatoms. The second-order valence-electron chi connectivity index (χ2n) is 4.58. The molecule has 3 N–H and O–H groups in total. The number of hydrogen-bond donors (Lipinski definition) is 3. The molecule has 1 heterocycles. The van der Waals surface area contributed by atoms with Crippen LogP contribution in [-0.2, 0) is 14.8 Å². The molecule has 0 saturated heterocycles. The molecular formula is C12H19N3O5S3. The summed E-state index contributed by atoms with van der Waals surface area (Å²) in [7, 11) is 2.17. The van der Waals surface area contributed by atoms with Crippen LogP contribution in [-0.4, -0.2) is 66.8 Å². The number of nitrogens with zero attached hydrogens (tertiary/aromatic N) is 1. The lowest BCUT2D eigenvalue weighted by Crippen LogP contribution is -2.26. The largest absolute Gasteiger partial charge is 0.481 e. The number of aromatic nitrogens is 1. The van der Waals surface area contributed by atoms with Crippen molar-refractivity contribution in [2.45, 2.75) is 11.3 Å². The number of carbonyl (C=O) groups is 2. The second-order valence-corrected chi connectivity index (χ2v) is 9.43. The van der Waals surface area contributed by atoms with Gasteiger partial charge in [0, 0.05) is 38.3 Å². The highest BCUT2D eigenvalue weighted by Crippen LogP contribution is 2.21. The van der Waals surface area contributed by atoms with Gasteiger partial charge in [-0.1, -0.05) is 21.6 Å². The zero-order valence-electron chi connectivity index (χ0n) is 12.7. The van der Waals surface area contributed by atoms with Gasteiger partial charge in [-0.2, -0.15) is 0 Å². The number of carboxylic acids is 1. The van der Waals surface area contributed by atoms with Crippen LogP contribution < -0.4 is 5.32 Å². The predicted octanol–water partition coefficient (Wildman–Crippen LogP) is 0.851. The van der Waals surface area contributed by atoms with Crippen LogP contribution in [0.5, 0.6) is 0 Å². The maximum Gasteiger partial charge on any atom is 0.304 e. The lowest BCUT2D eigenvalue weighted by molar-refractivity contribution is -0.136. The monoisotopic (exact) mass is 381 g/mol. The van der Waals surface area contributed by atoms with Crippen molar-refractivity contribution in [3.63, 3.8) is 0 Å². The maximum atomic E-state index is 11.9. The Kier molecular flexibility index (Phi) is 7.95. The minimum absolute atomic E-state index is 0.0336. The molecule has 0 atom stereocenters. The normalized spacial score (nSPS) is 11.6. The summed E-state index contributed by atoms with van der Waals surface area (Å²) >= 11 is 0. The third-order valence-electron chi connectivity index (χ3n) is 2.63. The lowest BCUT2D eigenvalue weighted by Gasteiger charge is -2.08. The van der Waals surface area contributed by atoms with Crippen molar-refractivity contribution in [3.05, 3.63) is 18.0 Å². The van der Waals surface area contributed by atoms with Crippen LogP contribution in [0.2, 0.25) is 0 Å². The van der Waals surface area contributed by atoms with E-state index >= 15 is 0 Å². The first-order valence-electron chi connectivity index (χ1n) is 6.60. The molecule has 0 aliphatic heterocycles. The number of aliphatic carboxylic acids is 1. The molecule has 1 amide bonds. The molecule has 1 rings (SSSR count). The number of rotatable bonds is 10. The molecule has 8 nitrogen and oxygen atoms in total. The van der Waals surface area contributed by atoms with Crippen LogP contribution in [0.4, 0.5) is 0 Å². The molecule has 0 unspecified atom stereocenters. The fourth-order valence-electron chi connectivity index (χ4n) is 1.41.